The van der Waals surface area contributed by atoms with Crippen molar-refractivity contribution in [3.63, 3.8) is 0 Å². The smallest absolute Gasteiger partial charge is 0.245 e. The number of nitrogens with one attached hydrogen (secondary N) is 1. The normalized spacial score (nSPS) is 11.6. The van der Waals surface area contributed by atoms with Crippen LogP contribution >= 0.6 is 0 Å². The van der Waals surface area contributed by atoms with Crippen molar-refractivity contribution >= 4 is 12.2 Å². The van der Waals surface area contributed by atoms with Gasteiger partial charge in [0.05, 0.1) is 23.2 Å². The van der Waals surface area contributed by atoms with Crippen LogP contribution in [0.4, 0.5) is 19.1 Å². The van der Waals surface area contributed by atoms with Gasteiger partial charge in [0.25, 0.3) is 0 Å². The summed E-state index contributed by atoms with van der Waals surface area (Å²) in [5.74, 6) is 0.242. The summed E-state index contributed by atoms with van der Waals surface area (Å²) < 4.78 is 38.8. The van der Waals surface area contributed by atoms with Crippen LogP contribution in [0.3, 0.4) is 0 Å². The molecule has 1 aromatic heterocycles. The number of aryl methyl sites for hydroxylation is 1. The lowest BCUT2D eigenvalue weighted by Gasteiger charge is -2.10. The molecule has 160 valence electrons. The van der Waals surface area contributed by atoms with Crippen LogP contribution in [0.5, 0.6) is 0 Å². The van der Waals surface area contributed by atoms with Crippen LogP contribution in [0.2, 0.25) is 0 Å². The predicted molar refractivity (Wildman–Crippen MR) is 120 cm³/mol. The maximum Gasteiger partial charge on any atom is 0.416 e. The monoisotopic (exact) mass is 432 g/mol. The largest absolute Gasteiger partial charge is 0.416 e. The second kappa shape index (κ2) is 9.01. The highest BCUT2D eigenvalue weighted by Gasteiger charge is 2.30. The molecule has 7 heteroatoms. The molecule has 0 aliphatic rings. The topological polar surface area (TPSA) is 50.2 Å². The van der Waals surface area contributed by atoms with Crippen molar-refractivity contribution < 1.29 is 13.2 Å². The Kier molecular flexibility index (Phi) is 5.98. The zero-order valence-electron chi connectivity index (χ0n) is 17.1. The van der Waals surface area contributed by atoms with Gasteiger partial charge in [-0.15, -0.1) is 0 Å². The fourth-order valence-corrected chi connectivity index (χ4v) is 3.12. The van der Waals surface area contributed by atoms with Crippen LogP contribution in [0.25, 0.3) is 22.5 Å². The second-order valence-corrected chi connectivity index (χ2v) is 7.13. The number of hydrazone groups is 1. The highest BCUT2D eigenvalue weighted by atomic mass is 19.4. The fourth-order valence-electron chi connectivity index (χ4n) is 3.12. The summed E-state index contributed by atoms with van der Waals surface area (Å²) in [4.78, 5) is 8.98. The summed E-state index contributed by atoms with van der Waals surface area (Å²) in [5.41, 5.74) is 6.67. The fraction of sp³-hybridized carbons (Fsp3) is 0.0800. The molecule has 0 spiro atoms. The van der Waals surface area contributed by atoms with E-state index in [1.807, 2.05) is 61.5 Å². The van der Waals surface area contributed by atoms with Gasteiger partial charge in [0.1, 0.15) is 0 Å². The molecule has 3 aromatic carbocycles. The summed E-state index contributed by atoms with van der Waals surface area (Å²) in [7, 11) is 0. The van der Waals surface area contributed by atoms with Crippen molar-refractivity contribution in [3.05, 3.63) is 102 Å². The van der Waals surface area contributed by atoms with Gasteiger partial charge in [-0.1, -0.05) is 66.7 Å². The van der Waals surface area contributed by atoms with Crippen molar-refractivity contribution in [2.24, 2.45) is 5.10 Å². The highest BCUT2D eigenvalue weighted by Crippen LogP contribution is 2.31. The molecule has 0 aliphatic heterocycles. The van der Waals surface area contributed by atoms with Crippen LogP contribution in [0, 0.1) is 6.92 Å². The van der Waals surface area contributed by atoms with E-state index in [-0.39, 0.29) is 5.95 Å². The van der Waals surface area contributed by atoms with Gasteiger partial charge in [-0.25, -0.2) is 15.4 Å². The van der Waals surface area contributed by atoms with Crippen molar-refractivity contribution in [1.82, 2.24) is 9.97 Å². The molecule has 0 aliphatic carbocycles. The Balaban J connectivity index is 1.69. The molecule has 0 fully saturated rings. The molecule has 0 atom stereocenters. The van der Waals surface area contributed by atoms with Gasteiger partial charge in [-0.2, -0.15) is 18.3 Å². The Morgan fingerprint density at radius 2 is 1.38 bits per heavy atom. The highest BCUT2D eigenvalue weighted by molar-refractivity contribution is 5.82. The van der Waals surface area contributed by atoms with E-state index in [9.17, 15) is 13.2 Å². The SMILES string of the molecule is Cc1ccccc1/C=N/Nc1nc(-c2ccccc2)cc(-c2ccc(C(F)(F)F)cc2)n1. The average Bonchev–Trinajstić information content (AvgIpc) is 2.80. The van der Waals surface area contributed by atoms with Gasteiger partial charge in [0.15, 0.2) is 0 Å². The number of hydrogen-bond acceptors (Lipinski definition) is 4. The number of aromatic nitrogens is 2. The Morgan fingerprint density at radius 1 is 0.781 bits per heavy atom. The summed E-state index contributed by atoms with van der Waals surface area (Å²) >= 11 is 0. The van der Waals surface area contributed by atoms with E-state index in [1.165, 1.54) is 12.1 Å². The molecule has 1 N–H and O–H groups in total. The quantitative estimate of drug-likeness (QED) is 0.286. The number of nitrogens with zero attached hydrogens (tertiary/aromatic N) is 3. The molecule has 1 heterocycles. The van der Waals surface area contributed by atoms with Crippen molar-refractivity contribution in [1.29, 1.82) is 0 Å². The zero-order chi connectivity index (χ0) is 22.6. The molecule has 4 rings (SSSR count). The van der Waals surface area contributed by atoms with Crippen LogP contribution in [0.1, 0.15) is 16.7 Å². The van der Waals surface area contributed by atoms with Gasteiger partial charge < -0.3 is 0 Å². The third-order valence-corrected chi connectivity index (χ3v) is 4.86. The lowest BCUT2D eigenvalue weighted by atomic mass is 10.1. The van der Waals surface area contributed by atoms with Crippen molar-refractivity contribution in [2.45, 2.75) is 13.1 Å². The van der Waals surface area contributed by atoms with E-state index >= 15 is 0 Å². The van der Waals surface area contributed by atoms with Crippen LogP contribution in [0.15, 0.2) is 90.0 Å². The van der Waals surface area contributed by atoms with Crippen molar-refractivity contribution in [3.8, 4) is 22.5 Å². The number of rotatable bonds is 5. The summed E-state index contributed by atoms with van der Waals surface area (Å²) in [5, 5.41) is 4.24. The number of anilines is 1. The lowest BCUT2D eigenvalue weighted by Crippen LogP contribution is -2.04. The molecule has 0 saturated carbocycles. The summed E-state index contributed by atoms with van der Waals surface area (Å²) in [6.07, 6.45) is -2.72. The van der Waals surface area contributed by atoms with Gasteiger partial charge in [-0.3, -0.25) is 0 Å². The van der Waals surface area contributed by atoms with E-state index in [4.69, 9.17) is 0 Å². The Labute approximate surface area is 183 Å². The van der Waals surface area contributed by atoms with Gasteiger partial charge >= 0.3 is 6.18 Å². The minimum absolute atomic E-state index is 0.242. The first kappa shape index (κ1) is 21.2. The number of halogens is 3. The molecule has 0 saturated heterocycles. The summed E-state index contributed by atoms with van der Waals surface area (Å²) in [6.45, 7) is 1.98. The van der Waals surface area contributed by atoms with Crippen LogP contribution in [-0.2, 0) is 6.18 Å². The average molecular weight is 432 g/mol. The molecular weight excluding hydrogens is 413 g/mol. The first-order valence-corrected chi connectivity index (χ1v) is 9.87. The van der Waals surface area contributed by atoms with Crippen molar-refractivity contribution in [2.75, 3.05) is 5.43 Å². The predicted octanol–water partition coefficient (Wildman–Crippen LogP) is 6.58. The second-order valence-electron chi connectivity index (χ2n) is 7.13. The number of hydrogen-bond donors (Lipinski definition) is 1. The minimum atomic E-state index is -4.39. The number of alkyl halides is 3. The third-order valence-electron chi connectivity index (χ3n) is 4.86. The number of benzene rings is 3. The summed E-state index contributed by atoms with van der Waals surface area (Å²) in [6, 6.07) is 23.9. The molecule has 4 aromatic rings. The Hall–Kier alpha value is -4.00. The van der Waals surface area contributed by atoms with Gasteiger partial charge in [-0.05, 0) is 36.2 Å². The molecule has 4 nitrogen and oxygen atoms in total. The standard InChI is InChI=1S/C25H19F3N4/c1-17-7-5-6-10-20(17)16-29-32-24-30-22(18-8-3-2-4-9-18)15-23(31-24)19-11-13-21(14-12-19)25(26,27)28/h2-16H,1H3,(H,30,31,32)/b29-16+. The molecular formula is C25H19F3N4. The van der Waals surface area contributed by atoms with E-state index in [0.717, 1.165) is 28.8 Å². The minimum Gasteiger partial charge on any atom is -0.245 e. The maximum atomic E-state index is 12.9. The van der Waals surface area contributed by atoms with E-state index in [1.54, 1.807) is 12.3 Å². The lowest BCUT2D eigenvalue weighted by molar-refractivity contribution is -0.137. The van der Waals surface area contributed by atoms with Gasteiger partial charge in [0, 0.05) is 11.1 Å². The van der Waals surface area contributed by atoms with Gasteiger partial charge in [0.2, 0.25) is 5.95 Å². The molecule has 0 amide bonds. The molecule has 32 heavy (non-hydrogen) atoms. The third kappa shape index (κ3) is 5.00. The molecule has 0 bridgehead atoms. The Bertz CT molecular complexity index is 1230. The zero-order valence-corrected chi connectivity index (χ0v) is 17.1. The molecule has 0 unspecified atom stereocenters. The van der Waals surface area contributed by atoms with Crippen LogP contribution in [-0.4, -0.2) is 16.2 Å². The van der Waals surface area contributed by atoms with E-state index in [2.05, 4.69) is 20.5 Å². The van der Waals surface area contributed by atoms with E-state index in [0.29, 0.717) is 17.0 Å². The van der Waals surface area contributed by atoms with Crippen LogP contribution < -0.4 is 5.43 Å². The Morgan fingerprint density at radius 3 is 2.00 bits per heavy atom. The molecule has 0 radical (unpaired) electrons. The van der Waals surface area contributed by atoms with E-state index < -0.39 is 11.7 Å². The first-order chi connectivity index (χ1) is 15.4. The first-order valence-electron chi connectivity index (χ1n) is 9.87. The maximum absolute atomic E-state index is 12.9.